The zero-order chi connectivity index (χ0) is 19.8. The van der Waals surface area contributed by atoms with E-state index in [0.717, 1.165) is 10.0 Å². The summed E-state index contributed by atoms with van der Waals surface area (Å²) >= 11 is 3.46. The lowest BCUT2D eigenvalue weighted by molar-refractivity contribution is -0.119. The van der Waals surface area contributed by atoms with Crippen molar-refractivity contribution >= 4 is 33.7 Å². The molecule has 0 saturated heterocycles. The minimum absolute atomic E-state index is 0.152. The molecule has 0 spiro atoms. The molecule has 0 unspecified atom stereocenters. The number of Topliss-reactive ketones (excluding diaryl/α,β-unsaturated/α-hetero) is 1. The molecule has 28 heavy (non-hydrogen) atoms. The molecule has 0 bridgehead atoms. The molecule has 0 radical (unpaired) electrons. The molecule has 1 amide bonds. The maximum Gasteiger partial charge on any atom is 0.255 e. The van der Waals surface area contributed by atoms with E-state index >= 15 is 0 Å². The van der Waals surface area contributed by atoms with E-state index in [-0.39, 0.29) is 24.9 Å². The van der Waals surface area contributed by atoms with Crippen LogP contribution in [0.2, 0.25) is 0 Å². The average Bonchev–Trinajstić information content (AvgIpc) is 2.96. The van der Waals surface area contributed by atoms with Crippen molar-refractivity contribution < 1.29 is 28.5 Å². The fourth-order valence-corrected chi connectivity index (χ4v) is 3.70. The van der Waals surface area contributed by atoms with Crippen LogP contribution >= 0.6 is 15.9 Å². The predicted molar refractivity (Wildman–Crippen MR) is 103 cm³/mol. The van der Waals surface area contributed by atoms with Gasteiger partial charge in [-0.1, -0.05) is 15.9 Å². The average molecular weight is 446 g/mol. The van der Waals surface area contributed by atoms with Gasteiger partial charge < -0.3 is 24.7 Å². The number of hydrogen-bond acceptors (Lipinski definition) is 6. The number of nitrogens with two attached hydrogens (primary N) is 1. The van der Waals surface area contributed by atoms with Gasteiger partial charge in [-0.25, -0.2) is 0 Å². The Morgan fingerprint density at radius 3 is 2.93 bits per heavy atom. The van der Waals surface area contributed by atoms with Crippen LogP contribution in [0.3, 0.4) is 0 Å². The molecule has 2 aromatic rings. The first-order chi connectivity index (χ1) is 13.4. The first-order valence-electron chi connectivity index (χ1n) is 8.45. The van der Waals surface area contributed by atoms with Gasteiger partial charge in [0, 0.05) is 21.7 Å². The van der Waals surface area contributed by atoms with Crippen LogP contribution in [0.5, 0.6) is 17.2 Å². The van der Waals surface area contributed by atoms with Crippen LogP contribution in [-0.2, 0) is 16.1 Å². The third-order valence-electron chi connectivity index (χ3n) is 4.31. The van der Waals surface area contributed by atoms with Crippen molar-refractivity contribution in [2.45, 2.75) is 13.5 Å². The second-order valence-corrected chi connectivity index (χ2v) is 7.32. The molecule has 0 saturated carbocycles. The number of primary amides is 1. The monoisotopic (exact) mass is 445 g/mol. The molecule has 4 rings (SSSR count). The molecule has 2 N–H and O–H groups in total. The Bertz CT molecular complexity index is 1030. The highest BCUT2D eigenvalue weighted by Gasteiger charge is 2.30. The van der Waals surface area contributed by atoms with Gasteiger partial charge in [0.1, 0.15) is 17.2 Å². The number of amides is 1. The summed E-state index contributed by atoms with van der Waals surface area (Å²) in [4.78, 5) is 23.8. The van der Waals surface area contributed by atoms with Crippen molar-refractivity contribution in [2.24, 2.45) is 5.73 Å². The molecular formula is C20H16BrNO6. The number of aryl methyl sites for hydroxylation is 1. The van der Waals surface area contributed by atoms with E-state index in [4.69, 9.17) is 24.7 Å². The van der Waals surface area contributed by atoms with Crippen LogP contribution in [0.1, 0.15) is 27.0 Å². The fourth-order valence-electron chi connectivity index (χ4n) is 3.17. The van der Waals surface area contributed by atoms with Crippen LogP contribution in [0.4, 0.5) is 0 Å². The van der Waals surface area contributed by atoms with E-state index < -0.39 is 5.91 Å². The van der Waals surface area contributed by atoms with Crippen LogP contribution in [0.25, 0.3) is 6.08 Å². The number of allylic oxidation sites excluding steroid dienone is 1. The van der Waals surface area contributed by atoms with Crippen molar-refractivity contribution in [3.05, 3.63) is 56.8 Å². The normalized spacial score (nSPS) is 16.2. The number of ketones is 1. The lowest BCUT2D eigenvalue weighted by atomic mass is 10.0. The molecule has 7 nitrogen and oxygen atoms in total. The van der Waals surface area contributed by atoms with Gasteiger partial charge in [0.2, 0.25) is 5.78 Å². The van der Waals surface area contributed by atoms with Crippen molar-refractivity contribution in [1.82, 2.24) is 0 Å². The largest absolute Gasteiger partial charge is 0.484 e. The van der Waals surface area contributed by atoms with E-state index in [1.807, 2.05) is 12.1 Å². The number of carbonyl (C=O) groups excluding carboxylic acids is 2. The molecule has 0 aliphatic carbocycles. The van der Waals surface area contributed by atoms with Gasteiger partial charge in [0.25, 0.3) is 5.91 Å². The Kier molecular flexibility index (Phi) is 4.82. The molecule has 2 aliphatic rings. The predicted octanol–water partition coefficient (Wildman–Crippen LogP) is 3.10. The zero-order valence-electron chi connectivity index (χ0n) is 14.9. The Hall–Kier alpha value is -2.84. The van der Waals surface area contributed by atoms with Crippen LogP contribution in [-0.4, -0.2) is 25.1 Å². The molecule has 0 atom stereocenters. The first kappa shape index (κ1) is 18.5. The van der Waals surface area contributed by atoms with Crippen molar-refractivity contribution in [1.29, 1.82) is 0 Å². The summed E-state index contributed by atoms with van der Waals surface area (Å²) in [7, 11) is 0. The molecule has 8 heteroatoms. The Labute approximate surface area is 169 Å². The number of ether oxygens (including phenoxy) is 4. The Morgan fingerprint density at radius 2 is 2.14 bits per heavy atom. The van der Waals surface area contributed by atoms with Gasteiger partial charge in [-0.05, 0) is 36.8 Å². The summed E-state index contributed by atoms with van der Waals surface area (Å²) in [6.07, 6.45) is 1.65. The van der Waals surface area contributed by atoms with Crippen molar-refractivity contribution in [2.75, 3.05) is 13.4 Å². The van der Waals surface area contributed by atoms with E-state index in [0.29, 0.717) is 40.5 Å². The molecular weight excluding hydrogens is 430 g/mol. The van der Waals surface area contributed by atoms with E-state index in [1.54, 1.807) is 25.1 Å². The maximum atomic E-state index is 12.9. The smallest absolute Gasteiger partial charge is 0.255 e. The maximum absolute atomic E-state index is 12.9. The fraction of sp³-hybridized carbons (Fsp3) is 0.200. The van der Waals surface area contributed by atoms with Gasteiger partial charge in [0.15, 0.2) is 19.2 Å². The Balaban J connectivity index is 1.69. The third kappa shape index (κ3) is 3.48. The number of carbonyl (C=O) groups is 2. The lowest BCUT2D eigenvalue weighted by Crippen LogP contribution is -2.20. The molecule has 144 valence electrons. The summed E-state index contributed by atoms with van der Waals surface area (Å²) in [6.45, 7) is 2.11. The molecule has 2 aromatic carbocycles. The zero-order valence-corrected chi connectivity index (χ0v) is 16.5. The quantitative estimate of drug-likeness (QED) is 0.726. The molecule has 2 heterocycles. The first-order valence-corrected chi connectivity index (χ1v) is 9.24. The van der Waals surface area contributed by atoms with E-state index in [9.17, 15) is 9.59 Å². The van der Waals surface area contributed by atoms with Crippen molar-refractivity contribution in [3.8, 4) is 17.2 Å². The van der Waals surface area contributed by atoms with Gasteiger partial charge in [0.05, 0.1) is 12.2 Å². The van der Waals surface area contributed by atoms with Gasteiger partial charge >= 0.3 is 0 Å². The summed E-state index contributed by atoms with van der Waals surface area (Å²) in [6, 6.07) is 7.01. The van der Waals surface area contributed by atoms with Gasteiger partial charge in [-0.15, -0.1) is 0 Å². The van der Waals surface area contributed by atoms with Gasteiger partial charge in [-0.2, -0.15) is 0 Å². The highest BCUT2D eigenvalue weighted by molar-refractivity contribution is 9.10. The second-order valence-electron chi connectivity index (χ2n) is 6.40. The van der Waals surface area contributed by atoms with Crippen molar-refractivity contribution in [3.63, 3.8) is 0 Å². The molecule has 0 fully saturated rings. The summed E-state index contributed by atoms with van der Waals surface area (Å²) in [5, 5.41) is 0. The van der Waals surface area contributed by atoms with Crippen LogP contribution in [0.15, 0.2) is 34.5 Å². The van der Waals surface area contributed by atoms with E-state index in [2.05, 4.69) is 15.9 Å². The van der Waals surface area contributed by atoms with Gasteiger partial charge in [-0.3, -0.25) is 9.59 Å². The number of hydrogen-bond donors (Lipinski definition) is 1. The minimum atomic E-state index is -0.584. The highest BCUT2D eigenvalue weighted by Crippen LogP contribution is 2.39. The minimum Gasteiger partial charge on any atom is -0.484 e. The van der Waals surface area contributed by atoms with E-state index in [1.165, 1.54) is 0 Å². The van der Waals surface area contributed by atoms with Crippen LogP contribution < -0.4 is 19.9 Å². The number of halogens is 1. The number of benzene rings is 2. The summed E-state index contributed by atoms with van der Waals surface area (Å²) in [5.41, 5.74) is 7.85. The standard InChI is InChI=1S/C20H16BrNO6/c1-10-2-14(26-8-17(22)23)6-15-18(10)19(24)16(28-15)5-11-3-13(21)4-12-7-25-9-27-20(11)12/h2-6H,7-9H2,1H3,(H2,22,23)/b16-5-. The molecule has 0 aromatic heterocycles. The second kappa shape index (κ2) is 7.29. The number of fused-ring (bicyclic) bond motifs is 2. The molecule has 2 aliphatic heterocycles. The summed E-state index contributed by atoms with van der Waals surface area (Å²) < 4.78 is 22.9. The van der Waals surface area contributed by atoms with Crippen LogP contribution in [0, 0.1) is 6.92 Å². The highest BCUT2D eigenvalue weighted by atomic mass is 79.9. The third-order valence-corrected chi connectivity index (χ3v) is 4.77. The number of rotatable bonds is 4. The summed E-state index contributed by atoms with van der Waals surface area (Å²) in [5.74, 6) is 0.819. The SMILES string of the molecule is Cc1cc(OCC(N)=O)cc2c1C(=O)/C(=C/c1cc(Br)cc3c1OCOC3)O2. The Morgan fingerprint density at radius 1 is 1.32 bits per heavy atom. The topological polar surface area (TPSA) is 97.1 Å². The lowest BCUT2D eigenvalue weighted by Gasteiger charge is -2.20.